The molecule has 2 fully saturated rings. The van der Waals surface area contributed by atoms with Crippen LogP contribution in [-0.4, -0.2) is 54.0 Å². The van der Waals surface area contributed by atoms with Gasteiger partial charge in [-0.15, -0.1) is 0 Å². The standard InChI is InChI=1S/C29H33F2N5O/c1-20(21-5-9-23(30)10-6-21)33-27(37)25-19-32-28(36-17-15-35(2)16-18-36)34-26(25)29(13-3-4-14-29)22-7-11-24(31)12-8-22/h5-12,19-20H,3-4,13-18H2,1-2H3,(H,33,37). The van der Waals surface area contributed by atoms with Gasteiger partial charge in [0.1, 0.15) is 11.6 Å². The highest BCUT2D eigenvalue weighted by molar-refractivity contribution is 5.96. The molecule has 0 radical (unpaired) electrons. The molecule has 2 aromatic carbocycles. The average molecular weight is 506 g/mol. The van der Waals surface area contributed by atoms with Gasteiger partial charge in [0.2, 0.25) is 5.95 Å². The molecule has 2 aliphatic rings. The van der Waals surface area contributed by atoms with Gasteiger partial charge < -0.3 is 15.1 Å². The Balaban J connectivity index is 1.55. The first-order valence-corrected chi connectivity index (χ1v) is 13.0. The van der Waals surface area contributed by atoms with Gasteiger partial charge in [0.15, 0.2) is 0 Å². The van der Waals surface area contributed by atoms with Gasteiger partial charge >= 0.3 is 0 Å². The minimum absolute atomic E-state index is 0.273. The Morgan fingerprint density at radius 3 is 2.16 bits per heavy atom. The van der Waals surface area contributed by atoms with E-state index in [9.17, 15) is 13.6 Å². The second-order valence-corrected chi connectivity index (χ2v) is 10.3. The highest BCUT2D eigenvalue weighted by Gasteiger charge is 2.42. The summed E-state index contributed by atoms with van der Waals surface area (Å²) in [4.78, 5) is 27.8. The predicted molar refractivity (Wildman–Crippen MR) is 140 cm³/mol. The van der Waals surface area contributed by atoms with E-state index in [-0.39, 0.29) is 23.6 Å². The van der Waals surface area contributed by atoms with E-state index in [1.54, 1.807) is 18.3 Å². The summed E-state index contributed by atoms with van der Waals surface area (Å²) in [7, 11) is 2.10. The van der Waals surface area contributed by atoms with Crippen molar-refractivity contribution >= 4 is 11.9 Å². The lowest BCUT2D eigenvalue weighted by Gasteiger charge is -2.35. The number of nitrogens with zero attached hydrogens (tertiary/aromatic N) is 4. The first-order chi connectivity index (χ1) is 17.9. The van der Waals surface area contributed by atoms with Crippen molar-refractivity contribution in [3.63, 3.8) is 0 Å². The Morgan fingerprint density at radius 1 is 0.946 bits per heavy atom. The first kappa shape index (κ1) is 25.3. The number of hydrogen-bond donors (Lipinski definition) is 1. The zero-order chi connectivity index (χ0) is 26.0. The van der Waals surface area contributed by atoms with Gasteiger partial charge in [0, 0.05) is 37.8 Å². The lowest BCUT2D eigenvalue weighted by Crippen LogP contribution is -2.45. The molecule has 1 saturated heterocycles. The number of amides is 1. The number of aromatic nitrogens is 2. The molecule has 6 nitrogen and oxygen atoms in total. The maximum Gasteiger partial charge on any atom is 0.255 e. The van der Waals surface area contributed by atoms with E-state index in [4.69, 9.17) is 4.98 Å². The van der Waals surface area contributed by atoms with Gasteiger partial charge in [-0.3, -0.25) is 4.79 Å². The summed E-state index contributed by atoms with van der Waals surface area (Å²) < 4.78 is 27.3. The summed E-state index contributed by atoms with van der Waals surface area (Å²) >= 11 is 0. The van der Waals surface area contributed by atoms with E-state index in [1.807, 2.05) is 19.1 Å². The lowest BCUT2D eigenvalue weighted by atomic mass is 9.74. The molecule has 1 saturated carbocycles. The molecule has 194 valence electrons. The van der Waals surface area contributed by atoms with Gasteiger partial charge in [0.25, 0.3) is 5.91 Å². The van der Waals surface area contributed by atoms with Gasteiger partial charge in [-0.25, -0.2) is 18.7 Å². The van der Waals surface area contributed by atoms with Crippen LogP contribution in [0, 0.1) is 11.6 Å². The molecule has 0 spiro atoms. The summed E-state index contributed by atoms with van der Waals surface area (Å²) in [6.07, 6.45) is 5.29. The molecule has 1 unspecified atom stereocenters. The molecular formula is C29H33F2N5O. The number of benzene rings is 2. The zero-order valence-electron chi connectivity index (χ0n) is 21.4. The first-order valence-electron chi connectivity index (χ1n) is 13.0. The molecule has 1 amide bonds. The van der Waals surface area contributed by atoms with Crippen LogP contribution in [0.1, 0.15) is 65.8 Å². The lowest BCUT2D eigenvalue weighted by molar-refractivity contribution is 0.0936. The fraction of sp³-hybridized carbons (Fsp3) is 0.414. The van der Waals surface area contributed by atoms with Crippen molar-refractivity contribution in [3.8, 4) is 0 Å². The van der Waals surface area contributed by atoms with E-state index in [0.717, 1.165) is 63.0 Å². The number of nitrogens with one attached hydrogen (secondary N) is 1. The molecule has 5 rings (SSSR count). The predicted octanol–water partition coefficient (Wildman–Crippen LogP) is 4.86. The van der Waals surface area contributed by atoms with Gasteiger partial charge in [0.05, 0.1) is 17.3 Å². The third-order valence-corrected chi connectivity index (χ3v) is 7.83. The van der Waals surface area contributed by atoms with Crippen LogP contribution in [0.5, 0.6) is 0 Å². The van der Waals surface area contributed by atoms with E-state index in [2.05, 4.69) is 27.1 Å². The normalized spacial score (nSPS) is 18.5. The summed E-state index contributed by atoms with van der Waals surface area (Å²) in [6.45, 7) is 5.33. The Labute approximate surface area is 216 Å². The summed E-state index contributed by atoms with van der Waals surface area (Å²) in [6, 6.07) is 12.4. The molecule has 0 bridgehead atoms. The molecule has 8 heteroatoms. The molecule has 1 atom stereocenters. The van der Waals surface area contributed by atoms with Crippen LogP contribution in [0.25, 0.3) is 0 Å². The quantitative estimate of drug-likeness (QED) is 0.519. The number of hydrogen-bond acceptors (Lipinski definition) is 5. The minimum Gasteiger partial charge on any atom is -0.345 e. The van der Waals surface area contributed by atoms with Crippen LogP contribution in [-0.2, 0) is 5.41 Å². The van der Waals surface area contributed by atoms with E-state index in [0.29, 0.717) is 17.2 Å². The molecule has 1 aliphatic heterocycles. The Bertz CT molecular complexity index is 1230. The van der Waals surface area contributed by atoms with Crippen LogP contribution in [0.3, 0.4) is 0 Å². The Morgan fingerprint density at radius 2 is 1.54 bits per heavy atom. The number of halogens is 2. The van der Waals surface area contributed by atoms with Crippen LogP contribution in [0.2, 0.25) is 0 Å². The van der Waals surface area contributed by atoms with Crippen molar-refractivity contribution < 1.29 is 13.6 Å². The maximum atomic E-state index is 13.9. The van der Waals surface area contributed by atoms with Crippen molar-refractivity contribution in [3.05, 3.63) is 88.7 Å². The van der Waals surface area contributed by atoms with Crippen LogP contribution >= 0.6 is 0 Å². The number of piperazine rings is 1. The summed E-state index contributed by atoms with van der Waals surface area (Å²) in [5.41, 5.74) is 2.40. The van der Waals surface area contributed by atoms with Crippen molar-refractivity contribution in [1.82, 2.24) is 20.2 Å². The third kappa shape index (κ3) is 5.21. The maximum absolute atomic E-state index is 13.9. The van der Waals surface area contributed by atoms with E-state index in [1.165, 1.54) is 24.3 Å². The number of anilines is 1. The second-order valence-electron chi connectivity index (χ2n) is 10.3. The van der Waals surface area contributed by atoms with Crippen LogP contribution in [0.15, 0.2) is 54.7 Å². The van der Waals surface area contributed by atoms with E-state index < -0.39 is 5.41 Å². The van der Waals surface area contributed by atoms with Crippen LogP contribution in [0.4, 0.5) is 14.7 Å². The topological polar surface area (TPSA) is 61.4 Å². The zero-order valence-corrected chi connectivity index (χ0v) is 21.4. The van der Waals surface area contributed by atoms with Crippen molar-refractivity contribution in [2.24, 2.45) is 0 Å². The smallest absolute Gasteiger partial charge is 0.255 e. The second kappa shape index (κ2) is 10.5. The molecular weight excluding hydrogens is 472 g/mol. The molecule has 1 aliphatic carbocycles. The Kier molecular flexibility index (Phi) is 7.20. The molecule has 1 aromatic heterocycles. The minimum atomic E-state index is -0.496. The monoisotopic (exact) mass is 505 g/mol. The van der Waals surface area contributed by atoms with Crippen molar-refractivity contribution in [1.29, 1.82) is 0 Å². The molecule has 1 N–H and O–H groups in total. The van der Waals surface area contributed by atoms with Crippen LogP contribution < -0.4 is 10.2 Å². The average Bonchev–Trinajstić information content (AvgIpc) is 3.41. The van der Waals surface area contributed by atoms with Crippen molar-refractivity contribution in [2.75, 3.05) is 38.1 Å². The fourth-order valence-electron chi connectivity index (χ4n) is 5.58. The largest absolute Gasteiger partial charge is 0.345 e. The van der Waals surface area contributed by atoms with Gasteiger partial charge in [-0.05, 0) is 62.2 Å². The summed E-state index contributed by atoms with van der Waals surface area (Å²) in [5.74, 6) is -0.256. The number of rotatable bonds is 6. The number of likely N-dealkylation sites (N-methyl/N-ethyl adjacent to an activating group) is 1. The fourth-order valence-corrected chi connectivity index (χ4v) is 5.58. The van der Waals surface area contributed by atoms with E-state index >= 15 is 0 Å². The molecule has 3 aromatic rings. The highest BCUT2D eigenvalue weighted by atomic mass is 19.1. The molecule has 37 heavy (non-hydrogen) atoms. The van der Waals surface area contributed by atoms with Crippen molar-refractivity contribution in [2.45, 2.75) is 44.1 Å². The van der Waals surface area contributed by atoms with Gasteiger partial charge in [-0.1, -0.05) is 37.1 Å². The van der Waals surface area contributed by atoms with Gasteiger partial charge in [-0.2, -0.15) is 0 Å². The molecule has 2 heterocycles. The number of carbonyl (C=O) groups excluding carboxylic acids is 1. The SMILES string of the molecule is CC(NC(=O)c1cnc(N2CCN(C)CC2)nc1C1(c2ccc(F)cc2)CCCC1)c1ccc(F)cc1. The number of carbonyl (C=O) groups is 1. The Hall–Kier alpha value is -3.39. The summed E-state index contributed by atoms with van der Waals surface area (Å²) in [5, 5.41) is 3.06. The third-order valence-electron chi connectivity index (χ3n) is 7.83. The highest BCUT2D eigenvalue weighted by Crippen LogP contribution is 2.47.